The average Bonchev–Trinajstić information content (AvgIpc) is 3.78. The number of aryl methyl sites for hydroxylation is 2. The van der Waals surface area contributed by atoms with Crippen molar-refractivity contribution in [1.82, 2.24) is 9.13 Å². The van der Waals surface area contributed by atoms with Crippen molar-refractivity contribution >= 4 is 89.8 Å². The van der Waals surface area contributed by atoms with Gasteiger partial charge < -0.3 is 9.13 Å². The van der Waals surface area contributed by atoms with Gasteiger partial charge in [0.05, 0.1) is 11.0 Å². The fourth-order valence-electron chi connectivity index (χ4n) is 12.7. The highest BCUT2D eigenvalue weighted by atomic mass is 15.0. The van der Waals surface area contributed by atoms with Gasteiger partial charge in [-0.3, -0.25) is 0 Å². The van der Waals surface area contributed by atoms with E-state index in [0.29, 0.717) is 35.5 Å². The Bertz CT molecular complexity index is 3190. The van der Waals surface area contributed by atoms with Crippen molar-refractivity contribution in [3.05, 3.63) is 154 Å². The molecule has 4 heterocycles. The molecule has 66 heavy (non-hydrogen) atoms. The van der Waals surface area contributed by atoms with E-state index in [-0.39, 0.29) is 13.4 Å². The number of hydrogen-bond acceptors (Lipinski definition) is 0. The summed E-state index contributed by atoms with van der Waals surface area (Å²) < 4.78 is 5.39. The molecule has 2 aliphatic heterocycles. The third kappa shape index (κ3) is 6.15. The van der Waals surface area contributed by atoms with Gasteiger partial charge in [-0.1, -0.05) is 166 Å². The average molecular weight is 861 g/mol. The SMILES string of the molecule is Cc1cc2c3c(c1)c1cc(C(C)C)ccc1n3-c1cc3c(cc1B2c1c(C(C)C)cccc1C(C)C)-n1c2ccc(C(C)C)cc2c2cc(C)cc(c21)B3c1c(C(C)C)cccc1C(C)C. The fraction of sp³-hybridized carbons (Fsp3) is 0.323. The minimum atomic E-state index is 0.0435. The molecule has 0 saturated carbocycles. The molecule has 0 unspecified atom stereocenters. The molecule has 0 aliphatic carbocycles. The maximum Gasteiger partial charge on any atom is 0.247 e. The number of aromatic nitrogens is 2. The Morgan fingerprint density at radius 2 is 0.697 bits per heavy atom. The van der Waals surface area contributed by atoms with Gasteiger partial charge in [-0.2, -0.15) is 0 Å². The van der Waals surface area contributed by atoms with Gasteiger partial charge in [-0.05, 0) is 153 Å². The first-order valence-corrected chi connectivity index (χ1v) is 25.2. The van der Waals surface area contributed by atoms with Crippen LogP contribution in [0.5, 0.6) is 0 Å². The van der Waals surface area contributed by atoms with Gasteiger partial charge in [0, 0.05) is 44.0 Å². The lowest BCUT2D eigenvalue weighted by Gasteiger charge is -2.36. The van der Waals surface area contributed by atoms with Crippen LogP contribution < -0.4 is 32.8 Å². The minimum Gasteiger partial charge on any atom is -0.310 e. The van der Waals surface area contributed by atoms with Crippen LogP contribution in [0.25, 0.3) is 55.0 Å². The van der Waals surface area contributed by atoms with Gasteiger partial charge in [-0.25, -0.2) is 0 Å². The summed E-state index contributed by atoms with van der Waals surface area (Å²) in [5, 5.41) is 5.45. The number of nitrogens with zero attached hydrogens (tertiary/aromatic N) is 2. The molecule has 0 atom stereocenters. The third-order valence-electron chi connectivity index (χ3n) is 15.8. The van der Waals surface area contributed by atoms with E-state index >= 15 is 0 Å². The van der Waals surface area contributed by atoms with Gasteiger partial charge in [0.1, 0.15) is 0 Å². The molecule has 2 nitrogen and oxygen atoms in total. The quantitative estimate of drug-likeness (QED) is 0.135. The fourth-order valence-corrected chi connectivity index (χ4v) is 12.7. The van der Waals surface area contributed by atoms with Crippen molar-refractivity contribution < 1.29 is 0 Å². The van der Waals surface area contributed by atoms with Crippen LogP contribution in [0, 0.1) is 13.8 Å². The number of rotatable bonds is 8. The number of hydrogen-bond donors (Lipinski definition) is 0. The molecule has 2 aliphatic rings. The van der Waals surface area contributed by atoms with Gasteiger partial charge in [-0.15, -0.1) is 0 Å². The van der Waals surface area contributed by atoms with Crippen molar-refractivity contribution in [1.29, 1.82) is 0 Å². The highest BCUT2D eigenvalue weighted by Crippen LogP contribution is 2.40. The van der Waals surface area contributed by atoms with Crippen LogP contribution in [0.4, 0.5) is 0 Å². The summed E-state index contributed by atoms with van der Waals surface area (Å²) in [5.41, 5.74) is 27.9. The zero-order valence-electron chi connectivity index (χ0n) is 41.9. The predicted molar refractivity (Wildman–Crippen MR) is 291 cm³/mol. The molecule has 0 fully saturated rings. The van der Waals surface area contributed by atoms with Crippen LogP contribution in [0.3, 0.4) is 0 Å². The Hall–Kier alpha value is -5.73. The van der Waals surface area contributed by atoms with Crippen LogP contribution in [0.1, 0.15) is 163 Å². The number of benzene rings is 7. The van der Waals surface area contributed by atoms with Crippen LogP contribution in [0.2, 0.25) is 0 Å². The lowest BCUT2D eigenvalue weighted by Crippen LogP contribution is -2.61. The van der Waals surface area contributed by atoms with E-state index < -0.39 is 0 Å². The van der Waals surface area contributed by atoms with Gasteiger partial charge in [0.2, 0.25) is 13.4 Å². The molecule has 4 heteroatoms. The smallest absolute Gasteiger partial charge is 0.247 e. The molecule has 11 rings (SSSR count). The summed E-state index contributed by atoms with van der Waals surface area (Å²) in [6.45, 7) is 33.2. The Labute approximate surface area is 394 Å². The highest BCUT2D eigenvalue weighted by molar-refractivity contribution is 7.00. The lowest BCUT2D eigenvalue weighted by molar-refractivity contribution is 0.845. The summed E-state index contributed by atoms with van der Waals surface area (Å²) in [7, 11) is 0. The van der Waals surface area contributed by atoms with E-state index in [1.807, 2.05) is 0 Å². The Morgan fingerprint density at radius 1 is 0.348 bits per heavy atom. The molecule has 0 radical (unpaired) electrons. The standard InChI is InChI=1S/C62H66B2N2/c1-33(2)41-21-23-55-47(29-41)49-25-39(13)27-53-61(49)65(55)57-31-52-58(32-51(57)63(53)59-43(35(5)6)17-15-18-44(59)36(7)8)66-56-24-22-42(34(3)4)30-48(56)50-26-40(14)28-54(62(50)66)64(52)60-45(37(9)10)19-16-20-46(60)38(11)12/h15-38H,1-14H3. The van der Waals surface area contributed by atoms with Crippen LogP contribution >= 0.6 is 0 Å². The second-order valence-corrected chi connectivity index (χ2v) is 22.2. The normalized spacial score (nSPS) is 13.5. The van der Waals surface area contributed by atoms with Crippen molar-refractivity contribution in [2.24, 2.45) is 0 Å². The van der Waals surface area contributed by atoms with E-state index in [2.05, 4.69) is 215 Å². The largest absolute Gasteiger partial charge is 0.310 e. The summed E-state index contributed by atoms with van der Waals surface area (Å²) in [4.78, 5) is 0. The van der Waals surface area contributed by atoms with E-state index in [4.69, 9.17) is 0 Å². The molecule has 330 valence electrons. The maximum atomic E-state index is 2.70. The second-order valence-electron chi connectivity index (χ2n) is 22.2. The summed E-state index contributed by atoms with van der Waals surface area (Å²) >= 11 is 0. The molecule has 2 aromatic heterocycles. The zero-order chi connectivity index (χ0) is 46.4. The summed E-state index contributed by atoms with van der Waals surface area (Å²) in [6, 6.07) is 44.4. The molecule has 9 aromatic rings. The van der Waals surface area contributed by atoms with Crippen LogP contribution in [0.15, 0.2) is 109 Å². The maximum absolute atomic E-state index is 2.70. The predicted octanol–water partition coefficient (Wildman–Crippen LogP) is 12.9. The zero-order valence-corrected chi connectivity index (χ0v) is 41.9. The van der Waals surface area contributed by atoms with E-state index in [0.717, 1.165) is 0 Å². The summed E-state index contributed by atoms with van der Waals surface area (Å²) in [6.07, 6.45) is 0. The molecular weight excluding hydrogens is 794 g/mol. The highest BCUT2D eigenvalue weighted by Gasteiger charge is 2.42. The first kappa shape index (κ1) is 42.9. The first-order chi connectivity index (χ1) is 31.5. The Kier molecular flexibility index (Phi) is 10.0. The van der Waals surface area contributed by atoms with Gasteiger partial charge in [0.15, 0.2) is 0 Å². The lowest BCUT2D eigenvalue weighted by atomic mass is 9.31. The first-order valence-electron chi connectivity index (χ1n) is 25.2. The van der Waals surface area contributed by atoms with Crippen molar-refractivity contribution in [3.63, 3.8) is 0 Å². The summed E-state index contributed by atoms with van der Waals surface area (Å²) in [5.74, 6) is 2.34. The molecule has 0 bridgehead atoms. The van der Waals surface area contributed by atoms with Gasteiger partial charge >= 0.3 is 0 Å². The molecule has 0 spiro atoms. The molecular formula is C62H66B2N2. The molecule has 7 aromatic carbocycles. The van der Waals surface area contributed by atoms with E-state index in [1.165, 1.54) is 132 Å². The molecule has 0 saturated heterocycles. The topological polar surface area (TPSA) is 9.86 Å². The minimum absolute atomic E-state index is 0.0435. The van der Waals surface area contributed by atoms with E-state index in [9.17, 15) is 0 Å². The molecule has 0 amide bonds. The second kappa shape index (κ2) is 15.4. The van der Waals surface area contributed by atoms with E-state index in [1.54, 1.807) is 0 Å². The van der Waals surface area contributed by atoms with Crippen LogP contribution in [-0.4, -0.2) is 22.6 Å². The third-order valence-corrected chi connectivity index (χ3v) is 15.8. The Balaban J connectivity index is 1.38. The van der Waals surface area contributed by atoms with Crippen molar-refractivity contribution in [3.8, 4) is 11.4 Å². The number of fused-ring (bicyclic) bond motifs is 10. The van der Waals surface area contributed by atoms with Crippen molar-refractivity contribution in [2.45, 2.75) is 132 Å². The Morgan fingerprint density at radius 3 is 1.02 bits per heavy atom. The van der Waals surface area contributed by atoms with Gasteiger partial charge in [0.25, 0.3) is 0 Å². The molecule has 0 N–H and O–H groups in total. The van der Waals surface area contributed by atoms with Crippen molar-refractivity contribution in [2.75, 3.05) is 0 Å². The van der Waals surface area contributed by atoms with Crippen LogP contribution in [-0.2, 0) is 0 Å². The monoisotopic (exact) mass is 861 g/mol.